The fourth-order valence-electron chi connectivity index (χ4n) is 0. The SMILES string of the molecule is CCO.FC(F)(F)CCl. The van der Waals surface area contributed by atoms with Crippen LogP contribution < -0.4 is 0 Å². The molecule has 5 heteroatoms. The molecule has 0 atom stereocenters. The summed E-state index contributed by atoms with van der Waals surface area (Å²) < 4.78 is 32.0. The van der Waals surface area contributed by atoms with Crippen molar-refractivity contribution in [2.75, 3.05) is 12.5 Å². The van der Waals surface area contributed by atoms with Gasteiger partial charge in [0.1, 0.15) is 5.88 Å². The first-order chi connectivity index (χ1) is 3.97. The maximum atomic E-state index is 10.7. The largest absolute Gasteiger partial charge is 0.402 e. The molecule has 0 aliphatic rings. The van der Waals surface area contributed by atoms with Gasteiger partial charge in [0.15, 0.2) is 0 Å². The van der Waals surface area contributed by atoms with E-state index in [9.17, 15) is 13.2 Å². The summed E-state index contributed by atoms with van der Waals surface area (Å²) in [7, 11) is 0. The zero-order chi connectivity index (χ0) is 7.91. The van der Waals surface area contributed by atoms with Gasteiger partial charge < -0.3 is 5.11 Å². The predicted octanol–water partition coefficient (Wildman–Crippen LogP) is 1.79. The fraction of sp³-hybridized carbons (Fsp3) is 1.00. The minimum absolute atomic E-state index is 0.250. The third-order valence-electron chi connectivity index (χ3n) is 0.152. The Morgan fingerprint density at radius 3 is 1.56 bits per heavy atom. The van der Waals surface area contributed by atoms with Gasteiger partial charge in [-0.15, -0.1) is 11.6 Å². The molecule has 0 saturated heterocycles. The standard InChI is InChI=1S/C2H2ClF3.C2H6O/c3-1-2(4,5)6;1-2-3/h1H2;3H,2H2,1H3. The van der Waals surface area contributed by atoms with E-state index in [0.29, 0.717) is 0 Å². The number of hydrogen-bond donors (Lipinski definition) is 1. The van der Waals surface area contributed by atoms with Gasteiger partial charge in [0, 0.05) is 6.61 Å². The molecule has 0 unspecified atom stereocenters. The first kappa shape index (κ1) is 11.8. The minimum Gasteiger partial charge on any atom is -0.397 e. The molecule has 0 rings (SSSR count). The van der Waals surface area contributed by atoms with Crippen molar-refractivity contribution in [2.45, 2.75) is 13.1 Å². The summed E-state index contributed by atoms with van der Waals surface area (Å²) in [6.45, 7) is 1.93. The van der Waals surface area contributed by atoms with E-state index in [1.54, 1.807) is 6.92 Å². The quantitative estimate of drug-likeness (QED) is 0.541. The van der Waals surface area contributed by atoms with Crippen molar-refractivity contribution in [3.05, 3.63) is 0 Å². The highest BCUT2D eigenvalue weighted by Gasteiger charge is 2.24. The summed E-state index contributed by atoms with van der Waals surface area (Å²) in [4.78, 5) is 0. The van der Waals surface area contributed by atoms with Crippen LogP contribution in [0.4, 0.5) is 13.2 Å². The molecule has 0 bridgehead atoms. The Morgan fingerprint density at radius 1 is 1.44 bits per heavy atom. The number of hydrogen-bond acceptors (Lipinski definition) is 1. The molecule has 9 heavy (non-hydrogen) atoms. The Kier molecular flexibility index (Phi) is 8.08. The first-order valence-corrected chi connectivity index (χ1v) is 2.75. The van der Waals surface area contributed by atoms with Crippen molar-refractivity contribution in [3.8, 4) is 0 Å². The van der Waals surface area contributed by atoms with Crippen LogP contribution in [0.15, 0.2) is 0 Å². The average Bonchev–Trinajstić information content (AvgIpc) is 1.67. The molecule has 0 aromatic carbocycles. The van der Waals surface area contributed by atoms with Gasteiger partial charge in [0.25, 0.3) is 0 Å². The van der Waals surface area contributed by atoms with Crippen LogP contribution in [0, 0.1) is 0 Å². The van der Waals surface area contributed by atoms with Crippen molar-refractivity contribution in [1.82, 2.24) is 0 Å². The number of alkyl halides is 4. The highest BCUT2D eigenvalue weighted by molar-refractivity contribution is 6.18. The number of aliphatic hydroxyl groups is 1. The molecular formula is C4H8ClF3O. The van der Waals surface area contributed by atoms with Crippen LogP contribution in [0.5, 0.6) is 0 Å². The van der Waals surface area contributed by atoms with Crippen molar-refractivity contribution >= 4 is 11.6 Å². The third kappa shape index (κ3) is 31.7. The number of halogens is 4. The van der Waals surface area contributed by atoms with Gasteiger partial charge in [-0.25, -0.2) is 0 Å². The van der Waals surface area contributed by atoms with Gasteiger partial charge in [-0.2, -0.15) is 13.2 Å². The van der Waals surface area contributed by atoms with Crippen molar-refractivity contribution in [1.29, 1.82) is 0 Å². The zero-order valence-corrected chi connectivity index (χ0v) is 5.63. The highest BCUT2D eigenvalue weighted by atomic mass is 35.5. The summed E-state index contributed by atoms with van der Waals surface area (Å²) >= 11 is 4.35. The summed E-state index contributed by atoms with van der Waals surface area (Å²) in [5.41, 5.74) is 0. The van der Waals surface area contributed by atoms with E-state index in [1.165, 1.54) is 0 Å². The molecule has 58 valence electrons. The van der Waals surface area contributed by atoms with E-state index in [1.807, 2.05) is 0 Å². The van der Waals surface area contributed by atoms with Crippen LogP contribution in [-0.2, 0) is 0 Å². The van der Waals surface area contributed by atoms with Crippen molar-refractivity contribution in [2.24, 2.45) is 0 Å². The Hall–Kier alpha value is 0.0400. The van der Waals surface area contributed by atoms with E-state index >= 15 is 0 Å². The van der Waals surface area contributed by atoms with E-state index in [0.717, 1.165) is 0 Å². The van der Waals surface area contributed by atoms with Gasteiger partial charge >= 0.3 is 6.18 Å². The predicted molar refractivity (Wildman–Crippen MR) is 29.5 cm³/mol. The minimum atomic E-state index is -4.19. The van der Waals surface area contributed by atoms with Crippen LogP contribution in [0.25, 0.3) is 0 Å². The lowest BCUT2D eigenvalue weighted by atomic mass is 10.8. The summed E-state index contributed by atoms with van der Waals surface area (Å²) in [6, 6.07) is 0. The van der Waals surface area contributed by atoms with Crippen LogP contribution in [0.1, 0.15) is 6.92 Å². The molecule has 0 aromatic rings. The Labute approximate surface area is 56.4 Å². The lowest BCUT2D eigenvalue weighted by molar-refractivity contribution is -0.106. The monoisotopic (exact) mass is 164 g/mol. The average molecular weight is 165 g/mol. The molecule has 1 nitrogen and oxygen atoms in total. The van der Waals surface area contributed by atoms with Gasteiger partial charge in [-0.3, -0.25) is 0 Å². The second-order valence-electron chi connectivity index (χ2n) is 1.07. The Bertz CT molecular complexity index is 54.3. The molecule has 0 heterocycles. The lowest BCUT2D eigenvalue weighted by Gasteiger charge is -1.94. The van der Waals surface area contributed by atoms with Gasteiger partial charge in [-0.05, 0) is 6.92 Å². The first-order valence-electron chi connectivity index (χ1n) is 2.21. The van der Waals surface area contributed by atoms with Gasteiger partial charge in [-0.1, -0.05) is 0 Å². The third-order valence-corrected chi connectivity index (χ3v) is 0.455. The molecule has 0 aliphatic heterocycles. The second-order valence-corrected chi connectivity index (χ2v) is 1.33. The normalized spacial score (nSPS) is 10.0. The smallest absolute Gasteiger partial charge is 0.397 e. The van der Waals surface area contributed by atoms with E-state index in [2.05, 4.69) is 11.6 Å². The lowest BCUT2D eigenvalue weighted by Crippen LogP contribution is -2.07. The Balaban J connectivity index is 0. The number of aliphatic hydroxyl groups excluding tert-OH is 1. The van der Waals surface area contributed by atoms with E-state index in [-0.39, 0.29) is 6.61 Å². The maximum absolute atomic E-state index is 10.7. The fourth-order valence-corrected chi connectivity index (χ4v) is 0. The molecule has 0 amide bonds. The van der Waals surface area contributed by atoms with Crippen molar-refractivity contribution in [3.63, 3.8) is 0 Å². The van der Waals surface area contributed by atoms with Crippen LogP contribution in [-0.4, -0.2) is 23.8 Å². The van der Waals surface area contributed by atoms with Crippen LogP contribution in [0.3, 0.4) is 0 Å². The molecule has 0 aromatic heterocycles. The topological polar surface area (TPSA) is 20.2 Å². The van der Waals surface area contributed by atoms with Crippen LogP contribution in [0.2, 0.25) is 0 Å². The maximum Gasteiger partial charge on any atom is 0.402 e. The summed E-state index contributed by atoms with van der Waals surface area (Å²) in [6.07, 6.45) is -4.19. The highest BCUT2D eigenvalue weighted by Crippen LogP contribution is 2.14. The summed E-state index contributed by atoms with van der Waals surface area (Å²) in [5.74, 6) is -1.26. The zero-order valence-electron chi connectivity index (χ0n) is 4.87. The molecule has 0 spiro atoms. The van der Waals surface area contributed by atoms with Crippen molar-refractivity contribution < 1.29 is 18.3 Å². The molecule has 0 fully saturated rings. The number of rotatable bonds is 0. The second kappa shape index (κ2) is 6.16. The molecule has 0 aliphatic carbocycles. The van der Waals surface area contributed by atoms with Gasteiger partial charge in [0.2, 0.25) is 0 Å². The van der Waals surface area contributed by atoms with Gasteiger partial charge in [0.05, 0.1) is 0 Å². The molecule has 0 saturated carbocycles. The molecule has 0 radical (unpaired) electrons. The Morgan fingerprint density at radius 2 is 1.56 bits per heavy atom. The summed E-state index contributed by atoms with van der Waals surface area (Å²) in [5, 5.41) is 7.57. The van der Waals surface area contributed by atoms with E-state index < -0.39 is 12.1 Å². The molecule has 1 N–H and O–H groups in total. The van der Waals surface area contributed by atoms with Crippen LogP contribution >= 0.6 is 11.6 Å². The van der Waals surface area contributed by atoms with E-state index in [4.69, 9.17) is 5.11 Å². The molecular weight excluding hydrogens is 156 g/mol.